The lowest BCUT2D eigenvalue weighted by atomic mass is 10.1. The van der Waals surface area contributed by atoms with Gasteiger partial charge in [-0.25, -0.2) is 4.79 Å². The molecule has 0 atom stereocenters. The maximum absolute atomic E-state index is 11.5. The molecule has 0 unspecified atom stereocenters. The molecule has 0 radical (unpaired) electrons. The van der Waals surface area contributed by atoms with Crippen LogP contribution in [0.1, 0.15) is 11.1 Å². The average molecular weight is 296 g/mol. The van der Waals surface area contributed by atoms with E-state index in [0.717, 1.165) is 5.56 Å². The van der Waals surface area contributed by atoms with E-state index in [1.54, 1.807) is 12.1 Å². The number of carbonyl (C=O) groups is 1. The van der Waals surface area contributed by atoms with Crippen molar-refractivity contribution in [1.29, 1.82) is 0 Å². The predicted octanol–water partition coefficient (Wildman–Crippen LogP) is 2.02. The van der Waals surface area contributed by atoms with Gasteiger partial charge in [0.2, 0.25) is 5.91 Å². The first-order valence-corrected chi connectivity index (χ1v) is 6.37. The molecule has 106 valence electrons. The summed E-state index contributed by atoms with van der Waals surface area (Å²) in [6, 6.07) is 4.79. The number of benzene rings is 1. The van der Waals surface area contributed by atoms with Gasteiger partial charge in [-0.3, -0.25) is 4.79 Å². The summed E-state index contributed by atoms with van der Waals surface area (Å²) in [5.74, 6) is -0.257. The van der Waals surface area contributed by atoms with Crippen LogP contribution in [0, 0.1) is 6.92 Å². The summed E-state index contributed by atoms with van der Waals surface area (Å²) in [5.41, 5.74) is 1.47. The second-order valence-corrected chi connectivity index (χ2v) is 4.81. The minimum atomic E-state index is -0.463. The van der Waals surface area contributed by atoms with Gasteiger partial charge in [-0.05, 0) is 30.2 Å². The summed E-state index contributed by atoms with van der Waals surface area (Å²) in [4.78, 5) is 22.9. The molecule has 1 N–H and O–H groups in total. The molecule has 0 bridgehead atoms. The Morgan fingerprint density at radius 2 is 2.15 bits per heavy atom. The fraction of sp³-hybridized carbons (Fsp3) is 0.286. The lowest BCUT2D eigenvalue weighted by Gasteiger charge is -2.08. The molecular formula is C14H14ClNO4. The van der Waals surface area contributed by atoms with Crippen LogP contribution in [0.4, 0.5) is 0 Å². The number of methoxy groups -OCH3 is 1. The summed E-state index contributed by atoms with van der Waals surface area (Å²) >= 11 is 6.08. The fourth-order valence-corrected chi connectivity index (χ4v) is 2.03. The van der Waals surface area contributed by atoms with E-state index in [0.29, 0.717) is 21.6 Å². The van der Waals surface area contributed by atoms with Crippen LogP contribution >= 0.6 is 11.6 Å². The number of rotatable bonds is 4. The Balaban J connectivity index is 2.39. The Morgan fingerprint density at radius 3 is 2.85 bits per heavy atom. The number of nitrogens with one attached hydrogen (secondary N) is 1. The highest BCUT2D eigenvalue weighted by molar-refractivity contribution is 6.32. The smallest absolute Gasteiger partial charge is 0.336 e. The van der Waals surface area contributed by atoms with Gasteiger partial charge in [-0.15, -0.1) is 0 Å². The van der Waals surface area contributed by atoms with Gasteiger partial charge in [0.15, 0.2) is 0 Å². The van der Waals surface area contributed by atoms with Crippen molar-refractivity contribution in [2.45, 2.75) is 13.5 Å². The van der Waals surface area contributed by atoms with Gasteiger partial charge in [0.25, 0.3) is 0 Å². The normalized spacial score (nSPS) is 10.8. The molecular weight excluding hydrogens is 282 g/mol. The number of hydrogen-bond acceptors (Lipinski definition) is 4. The highest BCUT2D eigenvalue weighted by Gasteiger charge is 2.09. The average Bonchev–Trinajstić information content (AvgIpc) is 2.38. The van der Waals surface area contributed by atoms with E-state index in [1.165, 1.54) is 13.2 Å². The predicted molar refractivity (Wildman–Crippen MR) is 76.0 cm³/mol. The third-order valence-electron chi connectivity index (χ3n) is 2.86. The highest BCUT2D eigenvalue weighted by Crippen LogP contribution is 2.25. The van der Waals surface area contributed by atoms with E-state index in [2.05, 4.69) is 5.32 Å². The molecule has 1 aromatic heterocycles. The first-order valence-electron chi connectivity index (χ1n) is 6.00. The van der Waals surface area contributed by atoms with Gasteiger partial charge in [-0.2, -0.15) is 0 Å². The second kappa shape index (κ2) is 6.07. The first-order chi connectivity index (χ1) is 9.51. The van der Waals surface area contributed by atoms with Crippen LogP contribution in [-0.2, 0) is 16.1 Å². The number of ether oxygens (including phenoxy) is 1. The summed E-state index contributed by atoms with van der Waals surface area (Å²) in [6.07, 6.45) is 0. The maximum Gasteiger partial charge on any atom is 0.336 e. The van der Waals surface area contributed by atoms with Crippen molar-refractivity contribution in [3.63, 3.8) is 0 Å². The van der Waals surface area contributed by atoms with E-state index in [4.69, 9.17) is 20.8 Å². The fourth-order valence-electron chi connectivity index (χ4n) is 1.87. The van der Waals surface area contributed by atoms with Crippen molar-refractivity contribution in [2.24, 2.45) is 0 Å². The van der Waals surface area contributed by atoms with Crippen LogP contribution in [0.5, 0.6) is 0 Å². The van der Waals surface area contributed by atoms with Crippen LogP contribution < -0.4 is 10.9 Å². The van der Waals surface area contributed by atoms with E-state index < -0.39 is 5.63 Å². The van der Waals surface area contributed by atoms with Crippen molar-refractivity contribution in [3.8, 4) is 0 Å². The van der Waals surface area contributed by atoms with Crippen molar-refractivity contribution in [3.05, 3.63) is 44.8 Å². The quantitative estimate of drug-likeness (QED) is 0.876. The van der Waals surface area contributed by atoms with Crippen molar-refractivity contribution in [1.82, 2.24) is 5.32 Å². The number of halogens is 1. The Bertz CT molecular complexity index is 708. The summed E-state index contributed by atoms with van der Waals surface area (Å²) < 4.78 is 9.87. The third kappa shape index (κ3) is 3.18. The van der Waals surface area contributed by atoms with Crippen LogP contribution in [0.25, 0.3) is 11.0 Å². The molecule has 1 aromatic carbocycles. The van der Waals surface area contributed by atoms with Crippen LogP contribution in [0.2, 0.25) is 5.02 Å². The molecule has 0 saturated carbocycles. The molecule has 1 amide bonds. The minimum Gasteiger partial charge on any atom is -0.423 e. The zero-order chi connectivity index (χ0) is 14.7. The van der Waals surface area contributed by atoms with Gasteiger partial charge < -0.3 is 14.5 Å². The minimum absolute atomic E-state index is 0.0285. The molecule has 0 saturated heterocycles. The maximum atomic E-state index is 11.5. The van der Waals surface area contributed by atoms with Crippen LogP contribution in [0.15, 0.2) is 27.4 Å². The standard InChI is InChI=1S/C14H14ClNO4/c1-8-3-12-10(5-11(8)15)9(4-14(18)20-12)6-16-13(17)7-19-2/h3-5H,6-7H2,1-2H3,(H,16,17). The first kappa shape index (κ1) is 14.6. The van der Waals surface area contributed by atoms with Gasteiger partial charge in [0.05, 0.1) is 0 Å². The molecule has 0 aliphatic heterocycles. The summed E-state index contributed by atoms with van der Waals surface area (Å²) in [5, 5.41) is 3.95. The van der Waals surface area contributed by atoms with Gasteiger partial charge in [-0.1, -0.05) is 11.6 Å². The molecule has 0 spiro atoms. The second-order valence-electron chi connectivity index (χ2n) is 4.40. The monoisotopic (exact) mass is 295 g/mol. The van der Waals surface area contributed by atoms with Crippen LogP contribution in [0.3, 0.4) is 0 Å². The lowest BCUT2D eigenvalue weighted by molar-refractivity contribution is -0.124. The molecule has 0 aliphatic rings. The third-order valence-corrected chi connectivity index (χ3v) is 3.27. The van der Waals surface area contributed by atoms with Gasteiger partial charge >= 0.3 is 5.63 Å². The molecule has 0 fully saturated rings. The van der Waals surface area contributed by atoms with Gasteiger partial charge in [0, 0.05) is 30.1 Å². The van der Waals surface area contributed by atoms with E-state index in [1.807, 2.05) is 6.92 Å². The SMILES string of the molecule is COCC(=O)NCc1cc(=O)oc2cc(C)c(Cl)cc12. The van der Waals surface area contributed by atoms with E-state index in [9.17, 15) is 9.59 Å². The number of hydrogen-bond donors (Lipinski definition) is 1. The highest BCUT2D eigenvalue weighted by atomic mass is 35.5. The topological polar surface area (TPSA) is 68.5 Å². The molecule has 5 nitrogen and oxygen atoms in total. The zero-order valence-corrected chi connectivity index (χ0v) is 11.9. The Morgan fingerprint density at radius 1 is 1.40 bits per heavy atom. The number of aryl methyl sites for hydroxylation is 1. The number of amides is 1. The summed E-state index contributed by atoms with van der Waals surface area (Å²) in [7, 11) is 1.44. The zero-order valence-electron chi connectivity index (χ0n) is 11.2. The largest absolute Gasteiger partial charge is 0.423 e. The van der Waals surface area contributed by atoms with E-state index in [-0.39, 0.29) is 19.1 Å². The van der Waals surface area contributed by atoms with Crippen LogP contribution in [-0.4, -0.2) is 19.6 Å². The molecule has 6 heteroatoms. The summed E-state index contributed by atoms with van der Waals surface area (Å²) in [6.45, 7) is 2.01. The Kier molecular flexibility index (Phi) is 4.42. The molecule has 2 rings (SSSR count). The van der Waals surface area contributed by atoms with Crippen molar-refractivity contribution >= 4 is 28.5 Å². The molecule has 1 heterocycles. The van der Waals surface area contributed by atoms with E-state index >= 15 is 0 Å². The number of carbonyl (C=O) groups excluding carboxylic acids is 1. The number of fused-ring (bicyclic) bond motifs is 1. The molecule has 20 heavy (non-hydrogen) atoms. The Hall–Kier alpha value is -1.85. The van der Waals surface area contributed by atoms with Gasteiger partial charge in [0.1, 0.15) is 12.2 Å². The lowest BCUT2D eigenvalue weighted by Crippen LogP contribution is -2.27. The Labute approximate surface area is 120 Å². The molecule has 0 aliphatic carbocycles. The van der Waals surface area contributed by atoms with Crippen molar-refractivity contribution in [2.75, 3.05) is 13.7 Å². The van der Waals surface area contributed by atoms with Crippen molar-refractivity contribution < 1.29 is 13.9 Å². The molecule has 2 aromatic rings.